The van der Waals surface area contributed by atoms with Crippen LogP contribution in [0.3, 0.4) is 0 Å². The molecule has 20 aromatic rings. The van der Waals surface area contributed by atoms with Crippen molar-refractivity contribution in [2.45, 2.75) is 77.0 Å². The maximum atomic E-state index is 5.61. The Labute approximate surface area is 700 Å². The van der Waals surface area contributed by atoms with Crippen molar-refractivity contribution in [2.24, 2.45) is 0 Å². The second-order valence-corrected chi connectivity index (χ2v) is 35.5. The highest BCUT2D eigenvalue weighted by atomic mass is 14.7. The number of pyridine rings is 4. The molecular weight excluding hydrogens is 1450 g/mol. The lowest BCUT2D eigenvalue weighted by Crippen LogP contribution is -2.15. The van der Waals surface area contributed by atoms with Crippen LogP contribution >= 0.6 is 0 Å². The molecule has 4 aromatic heterocycles. The van der Waals surface area contributed by atoms with Crippen LogP contribution < -0.4 is 0 Å². The standard InChI is InChI=1S/C62H44N2.C54H40N2/c1-61(2)53-22-12-9-17-43(53)45-31-29-39(33-55(45)61)50-35-52-51(40-30-32-46-44-18-10-13-23-54(44)62(3,4)56(46)34-40)36-58(64-60(52)49-21-8-6-16-42(49)50)37-25-27-38(28-26-37)59-48-20-7-5-15-41(48)47-19-11-14-24-57(47)63-59;1-53(2)46-17-9-7-14-38(46)40-26-24-35(29-48(40)53)43-31-45-44(36-25-27-41-39-15-8-10-18-47(39)54(3,4)49(41)30-36)32-51(56-52(45)42-16-6-5-13-37(42)43)34-22-20-33(21-23-34)50-19-11-12-28-55-50/h5-36H,1-4H3;5-32H,1-4H3. The third-order valence-corrected chi connectivity index (χ3v) is 27.4. The number of hydrogen-bond acceptors (Lipinski definition) is 4. The number of aromatic nitrogens is 4. The molecule has 0 aliphatic heterocycles. The maximum Gasteiger partial charge on any atom is 0.0794 e. The van der Waals surface area contributed by atoms with Crippen molar-refractivity contribution < 1.29 is 0 Å². The molecule has 0 saturated heterocycles. The van der Waals surface area contributed by atoms with Gasteiger partial charge in [-0.05, 0) is 216 Å². The van der Waals surface area contributed by atoms with Crippen LogP contribution in [0.1, 0.15) is 99.9 Å². The number of nitrogens with zero attached hydrogens (tertiary/aromatic N) is 4. The predicted molar refractivity (Wildman–Crippen MR) is 503 cm³/mol. The summed E-state index contributed by atoms with van der Waals surface area (Å²) in [5.41, 5.74) is 42.2. The molecule has 4 heterocycles. The zero-order chi connectivity index (χ0) is 80.7. The Morgan fingerprint density at radius 3 is 0.850 bits per heavy atom. The third kappa shape index (κ3) is 10.8. The quantitative estimate of drug-likeness (QED) is 0.142. The van der Waals surface area contributed by atoms with E-state index in [1.54, 1.807) is 0 Å². The summed E-state index contributed by atoms with van der Waals surface area (Å²) in [7, 11) is 0. The van der Waals surface area contributed by atoms with E-state index in [2.05, 4.69) is 406 Å². The molecular formula is C116H84N4. The van der Waals surface area contributed by atoms with E-state index in [1.165, 1.54) is 155 Å². The van der Waals surface area contributed by atoms with E-state index in [-0.39, 0.29) is 21.7 Å². The number of fused-ring (bicyclic) bond motifs is 21. The molecule has 4 heteroatoms. The van der Waals surface area contributed by atoms with Gasteiger partial charge in [0.1, 0.15) is 0 Å². The Kier molecular flexibility index (Phi) is 15.7. The first kappa shape index (κ1) is 71.0. The molecule has 4 aliphatic rings. The normalized spacial score (nSPS) is 14.3. The van der Waals surface area contributed by atoms with Crippen molar-refractivity contribution in [2.75, 3.05) is 0 Å². The average molecular weight is 1530 g/mol. The molecule has 0 spiro atoms. The van der Waals surface area contributed by atoms with E-state index < -0.39 is 0 Å². The van der Waals surface area contributed by atoms with E-state index >= 15 is 0 Å². The van der Waals surface area contributed by atoms with Gasteiger partial charge in [0.15, 0.2) is 0 Å². The minimum atomic E-state index is -0.128. The lowest BCUT2D eigenvalue weighted by Gasteiger charge is -2.23. The van der Waals surface area contributed by atoms with E-state index in [0.29, 0.717) is 0 Å². The van der Waals surface area contributed by atoms with E-state index in [4.69, 9.17) is 15.0 Å². The smallest absolute Gasteiger partial charge is 0.0794 e. The van der Waals surface area contributed by atoms with E-state index in [1.807, 2.05) is 18.3 Å². The molecule has 0 fully saturated rings. The Bertz CT molecular complexity index is 7750. The maximum absolute atomic E-state index is 5.61. The van der Waals surface area contributed by atoms with Gasteiger partial charge in [0.2, 0.25) is 0 Å². The van der Waals surface area contributed by atoms with Gasteiger partial charge in [-0.25, -0.2) is 15.0 Å². The number of rotatable bonds is 8. The molecule has 0 saturated carbocycles. The van der Waals surface area contributed by atoms with Crippen molar-refractivity contribution >= 4 is 65.0 Å². The molecule has 4 nitrogen and oxygen atoms in total. The number of hydrogen-bond donors (Lipinski definition) is 0. The van der Waals surface area contributed by atoms with Gasteiger partial charge in [-0.15, -0.1) is 0 Å². The van der Waals surface area contributed by atoms with Crippen LogP contribution in [0.15, 0.2) is 364 Å². The number of para-hydroxylation sites is 1. The summed E-state index contributed by atoms with van der Waals surface area (Å²) in [4.78, 5) is 20.9. The Hall–Kier alpha value is -14.3. The molecule has 16 aromatic carbocycles. The van der Waals surface area contributed by atoms with Crippen LogP contribution in [-0.4, -0.2) is 19.9 Å². The molecule has 568 valence electrons. The highest BCUT2D eigenvalue weighted by Gasteiger charge is 2.40. The van der Waals surface area contributed by atoms with Gasteiger partial charge in [0.25, 0.3) is 0 Å². The molecule has 0 bridgehead atoms. The van der Waals surface area contributed by atoms with Crippen LogP contribution in [0, 0.1) is 0 Å². The summed E-state index contributed by atoms with van der Waals surface area (Å²) < 4.78 is 0. The first-order valence-corrected chi connectivity index (χ1v) is 42.1. The van der Waals surface area contributed by atoms with Crippen molar-refractivity contribution in [3.05, 3.63) is 409 Å². The zero-order valence-electron chi connectivity index (χ0n) is 68.4. The number of benzene rings is 16. The predicted octanol–water partition coefficient (Wildman–Crippen LogP) is 30.4. The topological polar surface area (TPSA) is 51.6 Å². The van der Waals surface area contributed by atoms with E-state index in [9.17, 15) is 0 Å². The first-order valence-electron chi connectivity index (χ1n) is 42.1. The molecule has 0 unspecified atom stereocenters. The van der Waals surface area contributed by atoms with Crippen LogP contribution in [0.25, 0.3) is 199 Å². The fourth-order valence-electron chi connectivity index (χ4n) is 21.1. The molecule has 24 rings (SSSR count). The molecule has 0 atom stereocenters. The van der Waals surface area contributed by atoms with Gasteiger partial charge < -0.3 is 0 Å². The third-order valence-electron chi connectivity index (χ3n) is 27.4. The van der Waals surface area contributed by atoms with Crippen molar-refractivity contribution in [3.63, 3.8) is 0 Å². The lowest BCUT2D eigenvalue weighted by molar-refractivity contribution is 0.660. The van der Waals surface area contributed by atoms with Crippen LogP contribution in [0.2, 0.25) is 0 Å². The fourth-order valence-corrected chi connectivity index (χ4v) is 21.1. The van der Waals surface area contributed by atoms with Gasteiger partial charge in [-0.2, -0.15) is 0 Å². The fraction of sp³-hybridized carbons (Fsp3) is 0.103. The Morgan fingerprint density at radius 1 is 0.175 bits per heavy atom. The molecule has 120 heavy (non-hydrogen) atoms. The van der Waals surface area contributed by atoms with Gasteiger partial charge >= 0.3 is 0 Å². The first-order chi connectivity index (χ1) is 58.5. The van der Waals surface area contributed by atoms with Crippen molar-refractivity contribution in [1.29, 1.82) is 0 Å². The Balaban J connectivity index is 0.000000141. The van der Waals surface area contributed by atoms with Crippen molar-refractivity contribution in [1.82, 2.24) is 19.9 Å². The van der Waals surface area contributed by atoms with Crippen LogP contribution in [-0.2, 0) is 21.7 Å². The molecule has 0 N–H and O–H groups in total. The minimum absolute atomic E-state index is 0.0862. The molecule has 0 radical (unpaired) electrons. The summed E-state index contributed by atoms with van der Waals surface area (Å²) in [6.45, 7) is 18.9. The van der Waals surface area contributed by atoms with Gasteiger partial charge in [-0.1, -0.05) is 347 Å². The second-order valence-electron chi connectivity index (χ2n) is 35.5. The van der Waals surface area contributed by atoms with Gasteiger partial charge in [-0.3, -0.25) is 4.98 Å². The minimum Gasteiger partial charge on any atom is -0.256 e. The Morgan fingerprint density at radius 2 is 0.467 bits per heavy atom. The van der Waals surface area contributed by atoms with E-state index in [0.717, 1.165) is 88.5 Å². The monoisotopic (exact) mass is 1530 g/mol. The van der Waals surface area contributed by atoms with Crippen LogP contribution in [0.5, 0.6) is 0 Å². The van der Waals surface area contributed by atoms with Gasteiger partial charge in [0, 0.05) is 82.4 Å². The summed E-state index contributed by atoms with van der Waals surface area (Å²) >= 11 is 0. The largest absolute Gasteiger partial charge is 0.256 e. The summed E-state index contributed by atoms with van der Waals surface area (Å²) in [6.07, 6.45) is 1.85. The highest BCUT2D eigenvalue weighted by Crippen LogP contribution is 2.56. The summed E-state index contributed by atoms with van der Waals surface area (Å²) in [6, 6.07) is 132. The second kappa shape index (κ2) is 26.6. The average Bonchev–Trinajstić information content (AvgIpc) is 1.68. The van der Waals surface area contributed by atoms with Crippen LogP contribution in [0.4, 0.5) is 0 Å². The van der Waals surface area contributed by atoms with Crippen molar-refractivity contribution in [3.8, 4) is 134 Å². The molecule has 4 aliphatic carbocycles. The summed E-state index contributed by atoms with van der Waals surface area (Å²) in [5.74, 6) is 0. The summed E-state index contributed by atoms with van der Waals surface area (Å²) in [5, 5.41) is 10.6. The highest BCUT2D eigenvalue weighted by molar-refractivity contribution is 6.19. The van der Waals surface area contributed by atoms with Gasteiger partial charge in [0.05, 0.1) is 39.3 Å². The lowest BCUT2D eigenvalue weighted by atomic mass is 9.81. The zero-order valence-corrected chi connectivity index (χ0v) is 68.4. The SMILES string of the molecule is CC1(C)c2ccccc2-c2ccc(-c3cc4c(-c5ccc6c(c5)C(C)(C)c5ccccc5-6)cc(-c5ccc(-c6ccccn6)cc5)nc4c4ccccc34)cc21.CC1(C)c2ccccc2-c2ccc(-c3cc4c(-c5ccc6c(c5)C(C)(C)c5ccccc5-6)cc(-c5ccc(-c6nc7ccccc7c7ccccc67)cc5)nc4c4ccccc34)cc21. The molecule has 0 amide bonds.